The molecule has 2 aliphatic rings. The summed E-state index contributed by atoms with van der Waals surface area (Å²) in [5, 5.41) is 2.97. The van der Waals surface area contributed by atoms with Crippen molar-refractivity contribution in [3.63, 3.8) is 0 Å². The zero-order chi connectivity index (χ0) is 14.8. The number of piperidine rings is 1. The van der Waals surface area contributed by atoms with Gasteiger partial charge >= 0.3 is 6.09 Å². The van der Waals surface area contributed by atoms with Gasteiger partial charge in [-0.2, -0.15) is 0 Å². The van der Waals surface area contributed by atoms with Crippen molar-refractivity contribution >= 4 is 12.0 Å². The topological polar surface area (TPSA) is 58.6 Å². The number of likely N-dealkylation sites (tertiary alicyclic amines) is 1. The van der Waals surface area contributed by atoms with Crippen molar-refractivity contribution in [3.05, 3.63) is 0 Å². The molecule has 0 spiro atoms. The van der Waals surface area contributed by atoms with Gasteiger partial charge in [0.25, 0.3) is 0 Å². The van der Waals surface area contributed by atoms with Gasteiger partial charge in [0.05, 0.1) is 0 Å². The highest BCUT2D eigenvalue weighted by Gasteiger charge is 2.35. The SMILES string of the molecule is CC(C)(C)OC(=O)N1CCCC[C@@H]1C(=O)NCC1CC1. The van der Waals surface area contributed by atoms with Gasteiger partial charge in [0.2, 0.25) is 5.91 Å². The number of amides is 2. The minimum Gasteiger partial charge on any atom is -0.444 e. The highest BCUT2D eigenvalue weighted by Crippen LogP contribution is 2.28. The summed E-state index contributed by atoms with van der Waals surface area (Å²) in [5.74, 6) is 0.625. The van der Waals surface area contributed by atoms with Crippen molar-refractivity contribution in [2.24, 2.45) is 5.92 Å². The Balaban J connectivity index is 1.92. The van der Waals surface area contributed by atoms with Crippen LogP contribution in [0.5, 0.6) is 0 Å². The summed E-state index contributed by atoms with van der Waals surface area (Å²) < 4.78 is 5.40. The molecule has 2 fully saturated rings. The molecule has 1 aliphatic carbocycles. The molecule has 0 bridgehead atoms. The number of rotatable bonds is 3. The summed E-state index contributed by atoms with van der Waals surface area (Å²) >= 11 is 0. The Hall–Kier alpha value is -1.26. The van der Waals surface area contributed by atoms with Crippen LogP contribution in [0, 0.1) is 5.92 Å². The minimum absolute atomic E-state index is 0.0255. The Morgan fingerprint density at radius 2 is 1.90 bits per heavy atom. The molecule has 1 atom stereocenters. The molecule has 1 N–H and O–H groups in total. The number of hydrogen-bond acceptors (Lipinski definition) is 3. The van der Waals surface area contributed by atoms with Crippen molar-refractivity contribution in [2.75, 3.05) is 13.1 Å². The van der Waals surface area contributed by atoms with E-state index in [2.05, 4.69) is 5.32 Å². The summed E-state index contributed by atoms with van der Waals surface area (Å²) in [6.07, 6.45) is 4.70. The van der Waals surface area contributed by atoms with Gasteiger partial charge in [-0.15, -0.1) is 0 Å². The van der Waals surface area contributed by atoms with Gasteiger partial charge in [-0.05, 0) is 58.8 Å². The van der Waals surface area contributed by atoms with Crippen molar-refractivity contribution in [1.82, 2.24) is 10.2 Å². The molecule has 114 valence electrons. The van der Waals surface area contributed by atoms with Gasteiger partial charge in [-0.25, -0.2) is 4.79 Å². The number of ether oxygens (including phenoxy) is 1. The fraction of sp³-hybridized carbons (Fsp3) is 0.867. The third-order valence-electron chi connectivity index (χ3n) is 3.70. The third kappa shape index (κ3) is 4.39. The zero-order valence-electron chi connectivity index (χ0n) is 12.8. The van der Waals surface area contributed by atoms with Crippen LogP contribution in [-0.2, 0) is 9.53 Å². The largest absolute Gasteiger partial charge is 0.444 e. The second-order valence-electron chi connectivity index (χ2n) is 6.87. The van der Waals surface area contributed by atoms with Crippen LogP contribution in [0.25, 0.3) is 0 Å². The van der Waals surface area contributed by atoms with Crippen molar-refractivity contribution in [3.8, 4) is 0 Å². The maximum Gasteiger partial charge on any atom is 0.410 e. The smallest absolute Gasteiger partial charge is 0.410 e. The van der Waals surface area contributed by atoms with E-state index in [-0.39, 0.29) is 18.0 Å². The maximum absolute atomic E-state index is 12.3. The second kappa shape index (κ2) is 6.02. The van der Waals surface area contributed by atoms with E-state index < -0.39 is 5.60 Å². The third-order valence-corrected chi connectivity index (χ3v) is 3.70. The Morgan fingerprint density at radius 1 is 1.20 bits per heavy atom. The van der Waals surface area contributed by atoms with Crippen LogP contribution in [-0.4, -0.2) is 41.6 Å². The summed E-state index contributed by atoms with van der Waals surface area (Å²) in [5.41, 5.74) is -0.524. The lowest BCUT2D eigenvalue weighted by atomic mass is 10.0. The molecule has 0 aromatic carbocycles. The van der Waals surface area contributed by atoms with Gasteiger partial charge < -0.3 is 10.1 Å². The molecule has 1 saturated heterocycles. The van der Waals surface area contributed by atoms with Gasteiger partial charge in [0.15, 0.2) is 0 Å². The molecule has 1 aliphatic heterocycles. The normalized spacial score (nSPS) is 23.4. The summed E-state index contributed by atoms with van der Waals surface area (Å²) in [7, 11) is 0. The molecule has 1 saturated carbocycles. The van der Waals surface area contributed by atoms with E-state index in [0.29, 0.717) is 12.5 Å². The lowest BCUT2D eigenvalue weighted by Crippen LogP contribution is -2.53. The molecule has 0 aromatic rings. The van der Waals surface area contributed by atoms with Gasteiger partial charge in [0.1, 0.15) is 11.6 Å². The van der Waals surface area contributed by atoms with E-state index in [1.54, 1.807) is 4.90 Å². The zero-order valence-corrected chi connectivity index (χ0v) is 12.8. The molecular weight excluding hydrogens is 256 g/mol. The van der Waals surface area contributed by atoms with Gasteiger partial charge in [0, 0.05) is 13.1 Å². The molecule has 0 unspecified atom stereocenters. The first-order chi connectivity index (χ1) is 9.37. The highest BCUT2D eigenvalue weighted by molar-refractivity contribution is 5.85. The van der Waals surface area contributed by atoms with Gasteiger partial charge in [-0.3, -0.25) is 9.69 Å². The maximum atomic E-state index is 12.3. The molecule has 5 nitrogen and oxygen atoms in total. The van der Waals surface area contributed by atoms with Crippen LogP contribution in [0.2, 0.25) is 0 Å². The number of carbonyl (C=O) groups is 2. The summed E-state index contributed by atoms with van der Waals surface area (Å²) in [6, 6.07) is -0.364. The first-order valence-corrected chi connectivity index (χ1v) is 7.64. The molecule has 5 heteroatoms. The number of carbonyl (C=O) groups excluding carboxylic acids is 2. The molecule has 2 amide bonds. The van der Waals surface area contributed by atoms with Gasteiger partial charge in [-0.1, -0.05) is 0 Å². The van der Waals surface area contributed by atoms with E-state index in [9.17, 15) is 9.59 Å². The van der Waals surface area contributed by atoms with Crippen molar-refractivity contribution < 1.29 is 14.3 Å². The molecule has 2 rings (SSSR count). The Kier molecular flexibility index (Phi) is 4.55. The quantitative estimate of drug-likeness (QED) is 0.864. The van der Waals surface area contributed by atoms with E-state index in [1.165, 1.54) is 12.8 Å². The molecule has 20 heavy (non-hydrogen) atoms. The molecular formula is C15H26N2O3. The monoisotopic (exact) mass is 282 g/mol. The molecule has 1 heterocycles. The van der Waals surface area contributed by atoms with E-state index in [1.807, 2.05) is 20.8 Å². The van der Waals surface area contributed by atoms with E-state index in [0.717, 1.165) is 25.8 Å². The number of nitrogens with one attached hydrogen (secondary N) is 1. The first-order valence-electron chi connectivity index (χ1n) is 7.64. The lowest BCUT2D eigenvalue weighted by molar-refractivity contribution is -0.127. The predicted octanol–water partition coefficient (Wildman–Crippen LogP) is 2.30. The standard InChI is InChI=1S/C15H26N2O3/c1-15(2,3)20-14(19)17-9-5-4-6-12(17)13(18)16-10-11-7-8-11/h11-12H,4-10H2,1-3H3,(H,16,18)/t12-/m1/s1. The average molecular weight is 282 g/mol. The fourth-order valence-electron chi connectivity index (χ4n) is 2.43. The fourth-order valence-corrected chi connectivity index (χ4v) is 2.43. The molecule has 0 radical (unpaired) electrons. The predicted molar refractivity (Wildman–Crippen MR) is 76.3 cm³/mol. The number of nitrogens with zero attached hydrogens (tertiary/aromatic N) is 1. The first kappa shape index (κ1) is 15.1. The van der Waals surface area contributed by atoms with Crippen molar-refractivity contribution in [2.45, 2.75) is 64.5 Å². The second-order valence-corrected chi connectivity index (χ2v) is 6.87. The number of hydrogen-bond donors (Lipinski definition) is 1. The van der Waals surface area contributed by atoms with E-state index in [4.69, 9.17) is 4.74 Å². The average Bonchev–Trinajstić information content (AvgIpc) is 3.18. The summed E-state index contributed by atoms with van der Waals surface area (Å²) in [6.45, 7) is 6.89. The van der Waals surface area contributed by atoms with Crippen LogP contribution in [0.4, 0.5) is 4.79 Å². The minimum atomic E-state index is -0.524. The Labute approximate surface area is 121 Å². The van der Waals surface area contributed by atoms with Crippen LogP contribution in [0.3, 0.4) is 0 Å². The van der Waals surface area contributed by atoms with Crippen molar-refractivity contribution in [1.29, 1.82) is 0 Å². The van der Waals surface area contributed by atoms with Crippen LogP contribution in [0.15, 0.2) is 0 Å². The van der Waals surface area contributed by atoms with Crippen LogP contribution >= 0.6 is 0 Å². The Morgan fingerprint density at radius 3 is 2.50 bits per heavy atom. The lowest BCUT2D eigenvalue weighted by Gasteiger charge is -2.35. The highest BCUT2D eigenvalue weighted by atomic mass is 16.6. The molecule has 0 aromatic heterocycles. The van der Waals surface area contributed by atoms with Crippen LogP contribution in [0.1, 0.15) is 52.9 Å². The Bertz CT molecular complexity index is 372. The summed E-state index contributed by atoms with van der Waals surface area (Å²) in [4.78, 5) is 26.0. The van der Waals surface area contributed by atoms with Crippen LogP contribution < -0.4 is 5.32 Å². The van der Waals surface area contributed by atoms with E-state index >= 15 is 0 Å².